The summed E-state index contributed by atoms with van der Waals surface area (Å²) in [5.41, 5.74) is 8.37. The summed E-state index contributed by atoms with van der Waals surface area (Å²) in [6.07, 6.45) is 0.954. The highest BCUT2D eigenvalue weighted by Crippen LogP contribution is 2.26. The molecule has 0 fully saturated rings. The lowest BCUT2D eigenvalue weighted by atomic mass is 9.92. The van der Waals surface area contributed by atoms with Gasteiger partial charge in [-0.25, -0.2) is 0 Å². The molecule has 2 heteroatoms. The Balaban J connectivity index is 3.10. The second-order valence-electron chi connectivity index (χ2n) is 4.01. The highest BCUT2D eigenvalue weighted by atomic mass is 16.3. The molecule has 1 aromatic carbocycles. The molecule has 0 aliphatic carbocycles. The van der Waals surface area contributed by atoms with Crippen molar-refractivity contribution >= 4 is 0 Å². The summed E-state index contributed by atoms with van der Waals surface area (Å²) >= 11 is 0. The van der Waals surface area contributed by atoms with Gasteiger partial charge in [-0.1, -0.05) is 26.8 Å². The maximum atomic E-state index is 9.41. The largest absolute Gasteiger partial charge is 0.508 e. The molecule has 0 aromatic heterocycles. The molecule has 0 heterocycles. The molecule has 3 N–H and O–H groups in total. The van der Waals surface area contributed by atoms with Gasteiger partial charge in [0.1, 0.15) is 5.75 Å². The van der Waals surface area contributed by atoms with Crippen LogP contribution < -0.4 is 5.73 Å². The van der Waals surface area contributed by atoms with Crippen molar-refractivity contribution in [2.24, 2.45) is 11.7 Å². The second kappa shape index (κ2) is 4.47. The van der Waals surface area contributed by atoms with Gasteiger partial charge in [0.2, 0.25) is 0 Å². The van der Waals surface area contributed by atoms with Gasteiger partial charge in [-0.3, -0.25) is 0 Å². The molecule has 0 aliphatic heterocycles. The zero-order chi connectivity index (χ0) is 10.7. The van der Waals surface area contributed by atoms with Gasteiger partial charge < -0.3 is 10.8 Å². The normalized spacial score (nSPS) is 13.2. The third kappa shape index (κ3) is 2.26. The Morgan fingerprint density at radius 1 is 1.36 bits per heavy atom. The predicted molar refractivity (Wildman–Crippen MR) is 59.3 cm³/mol. The minimum Gasteiger partial charge on any atom is -0.508 e. The average Bonchev–Trinajstić information content (AvgIpc) is 2.16. The van der Waals surface area contributed by atoms with Crippen molar-refractivity contribution in [3.8, 4) is 5.75 Å². The Hall–Kier alpha value is -1.02. The maximum Gasteiger partial charge on any atom is 0.115 e. The number of rotatable bonds is 3. The molecule has 0 radical (unpaired) electrons. The fourth-order valence-corrected chi connectivity index (χ4v) is 1.57. The molecule has 1 atom stereocenters. The highest BCUT2D eigenvalue weighted by Gasteiger charge is 2.14. The lowest BCUT2D eigenvalue weighted by Gasteiger charge is -2.19. The van der Waals surface area contributed by atoms with E-state index in [1.54, 1.807) is 12.1 Å². The first kappa shape index (κ1) is 11.1. The number of phenols is 1. The molecule has 0 spiro atoms. The van der Waals surface area contributed by atoms with E-state index >= 15 is 0 Å². The van der Waals surface area contributed by atoms with Crippen LogP contribution in [-0.2, 0) is 6.42 Å². The zero-order valence-electron chi connectivity index (χ0n) is 9.12. The third-order valence-corrected chi connectivity index (χ3v) is 2.59. The van der Waals surface area contributed by atoms with Crippen LogP contribution in [0.3, 0.4) is 0 Å². The Kier molecular flexibility index (Phi) is 3.53. The van der Waals surface area contributed by atoms with Crippen LogP contribution in [0.5, 0.6) is 5.75 Å². The molecule has 0 saturated heterocycles. The lowest BCUT2D eigenvalue weighted by molar-refractivity contribution is 0.467. The van der Waals surface area contributed by atoms with Gasteiger partial charge in [0.05, 0.1) is 0 Å². The quantitative estimate of drug-likeness (QED) is 0.775. The van der Waals surface area contributed by atoms with Crippen molar-refractivity contribution in [3.05, 3.63) is 29.3 Å². The van der Waals surface area contributed by atoms with Crippen molar-refractivity contribution in [3.63, 3.8) is 0 Å². The van der Waals surface area contributed by atoms with Crippen molar-refractivity contribution in [1.82, 2.24) is 0 Å². The van der Waals surface area contributed by atoms with E-state index in [1.807, 2.05) is 6.07 Å². The number of aryl methyl sites for hydroxylation is 1. The third-order valence-electron chi connectivity index (χ3n) is 2.59. The van der Waals surface area contributed by atoms with Crippen molar-refractivity contribution in [2.75, 3.05) is 0 Å². The molecule has 0 bridgehead atoms. The Labute approximate surface area is 85.8 Å². The smallest absolute Gasteiger partial charge is 0.115 e. The van der Waals surface area contributed by atoms with Crippen LogP contribution >= 0.6 is 0 Å². The second-order valence-corrected chi connectivity index (χ2v) is 4.01. The van der Waals surface area contributed by atoms with Crippen LogP contribution in [0.25, 0.3) is 0 Å². The first-order valence-electron chi connectivity index (χ1n) is 5.13. The van der Waals surface area contributed by atoms with Crippen LogP contribution in [0.1, 0.15) is 37.9 Å². The topological polar surface area (TPSA) is 46.2 Å². The molecule has 1 unspecified atom stereocenters. The highest BCUT2D eigenvalue weighted by molar-refractivity contribution is 5.37. The van der Waals surface area contributed by atoms with Crippen LogP contribution in [0.15, 0.2) is 18.2 Å². The van der Waals surface area contributed by atoms with E-state index in [-0.39, 0.29) is 6.04 Å². The van der Waals surface area contributed by atoms with E-state index in [4.69, 9.17) is 5.73 Å². The van der Waals surface area contributed by atoms with E-state index in [0.29, 0.717) is 11.7 Å². The fraction of sp³-hybridized carbons (Fsp3) is 0.500. The van der Waals surface area contributed by atoms with Gasteiger partial charge in [-0.05, 0) is 35.6 Å². The van der Waals surface area contributed by atoms with Crippen molar-refractivity contribution in [1.29, 1.82) is 0 Å². The lowest BCUT2D eigenvalue weighted by Crippen LogP contribution is -2.18. The molecule has 0 amide bonds. The summed E-state index contributed by atoms with van der Waals surface area (Å²) < 4.78 is 0. The van der Waals surface area contributed by atoms with Crippen molar-refractivity contribution in [2.45, 2.75) is 33.2 Å². The summed E-state index contributed by atoms with van der Waals surface area (Å²) in [6, 6.07) is 5.46. The average molecular weight is 193 g/mol. The number of aromatic hydroxyl groups is 1. The molecule has 14 heavy (non-hydrogen) atoms. The van der Waals surface area contributed by atoms with Crippen LogP contribution in [0.4, 0.5) is 0 Å². The molecule has 1 rings (SSSR count). The van der Waals surface area contributed by atoms with Gasteiger partial charge in [0.15, 0.2) is 0 Å². The van der Waals surface area contributed by atoms with E-state index in [0.717, 1.165) is 12.0 Å². The summed E-state index contributed by atoms with van der Waals surface area (Å²) in [7, 11) is 0. The standard InChI is InChI=1S/C12H19NO/c1-4-9-5-6-10(14)7-11(9)12(13)8(2)3/h5-8,12,14H,4,13H2,1-3H3. The fourth-order valence-electron chi connectivity index (χ4n) is 1.57. The van der Waals surface area contributed by atoms with E-state index < -0.39 is 0 Å². The number of phenolic OH excluding ortho intramolecular Hbond substituents is 1. The zero-order valence-corrected chi connectivity index (χ0v) is 9.12. The monoisotopic (exact) mass is 193 g/mol. The minimum absolute atomic E-state index is 0.0112. The Bertz CT molecular complexity index is 307. The number of nitrogens with two attached hydrogens (primary N) is 1. The number of benzene rings is 1. The van der Waals surface area contributed by atoms with Crippen LogP contribution in [0.2, 0.25) is 0 Å². The molecule has 1 aromatic rings. The Morgan fingerprint density at radius 3 is 2.50 bits per heavy atom. The van der Waals surface area contributed by atoms with Crippen molar-refractivity contribution < 1.29 is 5.11 Å². The molecule has 0 saturated carbocycles. The first-order chi connectivity index (χ1) is 6.56. The van der Waals surface area contributed by atoms with E-state index in [1.165, 1.54) is 5.56 Å². The van der Waals surface area contributed by atoms with Gasteiger partial charge in [-0.2, -0.15) is 0 Å². The van der Waals surface area contributed by atoms with E-state index in [9.17, 15) is 5.11 Å². The van der Waals surface area contributed by atoms with Crippen LogP contribution in [0, 0.1) is 5.92 Å². The number of hydrogen-bond acceptors (Lipinski definition) is 2. The maximum absolute atomic E-state index is 9.41. The Morgan fingerprint density at radius 2 is 2.00 bits per heavy atom. The predicted octanol–water partition coefficient (Wildman–Crippen LogP) is 2.61. The first-order valence-corrected chi connectivity index (χ1v) is 5.13. The molecule has 0 aliphatic rings. The van der Waals surface area contributed by atoms with Crippen LogP contribution in [-0.4, -0.2) is 5.11 Å². The van der Waals surface area contributed by atoms with Gasteiger partial charge >= 0.3 is 0 Å². The summed E-state index contributed by atoms with van der Waals surface area (Å²) in [5, 5.41) is 9.41. The summed E-state index contributed by atoms with van der Waals surface area (Å²) in [4.78, 5) is 0. The molecular weight excluding hydrogens is 174 g/mol. The SMILES string of the molecule is CCc1ccc(O)cc1C(N)C(C)C. The van der Waals surface area contributed by atoms with Gasteiger partial charge in [0.25, 0.3) is 0 Å². The summed E-state index contributed by atoms with van der Waals surface area (Å²) in [5.74, 6) is 0.690. The molecule has 78 valence electrons. The van der Waals surface area contributed by atoms with Gasteiger partial charge in [-0.15, -0.1) is 0 Å². The molecular formula is C12H19NO. The van der Waals surface area contributed by atoms with E-state index in [2.05, 4.69) is 20.8 Å². The minimum atomic E-state index is 0.0112. The summed E-state index contributed by atoms with van der Waals surface area (Å²) in [6.45, 7) is 6.28. The van der Waals surface area contributed by atoms with Gasteiger partial charge in [0, 0.05) is 6.04 Å². The number of hydrogen-bond donors (Lipinski definition) is 2. The molecule has 2 nitrogen and oxygen atoms in total.